The summed E-state index contributed by atoms with van der Waals surface area (Å²) in [5.74, 6) is 0.934. The van der Waals surface area contributed by atoms with Crippen molar-refractivity contribution in [2.45, 2.75) is 18.0 Å². The van der Waals surface area contributed by atoms with Gasteiger partial charge < -0.3 is 10.2 Å². The number of nitrogens with one attached hydrogen (secondary N) is 1. The lowest BCUT2D eigenvalue weighted by molar-refractivity contribution is -0.113. The van der Waals surface area contributed by atoms with Crippen LogP contribution in [0.2, 0.25) is 0 Å². The molecule has 0 unspecified atom stereocenters. The normalized spacial score (nSPS) is 23.1. The highest BCUT2D eigenvalue weighted by Crippen LogP contribution is 2.36. The molecule has 0 radical (unpaired) electrons. The minimum atomic E-state index is -3.21. The molecule has 3 rings (SSSR count). The molecule has 0 bridgehead atoms. The van der Waals surface area contributed by atoms with Crippen LogP contribution in [0.15, 0.2) is 11.4 Å². The van der Waals surface area contributed by atoms with Gasteiger partial charge in [0.1, 0.15) is 17.0 Å². The molecular formula is C12H17N5O3S2. The summed E-state index contributed by atoms with van der Waals surface area (Å²) in [6.07, 6.45) is 2.70. The minimum absolute atomic E-state index is 0.0728. The van der Waals surface area contributed by atoms with Gasteiger partial charge in [-0.3, -0.25) is 4.79 Å². The quantitative estimate of drug-likeness (QED) is 0.755. The lowest BCUT2D eigenvalue weighted by atomic mass is 10.2. The number of sulfonamides is 1. The summed E-state index contributed by atoms with van der Waals surface area (Å²) in [5.41, 5.74) is 0.628. The molecular weight excluding hydrogens is 326 g/mol. The van der Waals surface area contributed by atoms with Crippen molar-refractivity contribution in [3.63, 3.8) is 0 Å². The zero-order valence-electron chi connectivity index (χ0n) is 12.3. The molecule has 120 valence electrons. The highest BCUT2D eigenvalue weighted by Gasteiger charge is 2.32. The van der Waals surface area contributed by atoms with E-state index in [1.807, 2.05) is 11.8 Å². The Hall–Kier alpha value is -1.39. The molecule has 1 saturated heterocycles. The van der Waals surface area contributed by atoms with Crippen molar-refractivity contribution in [3.8, 4) is 0 Å². The largest absolute Gasteiger partial charge is 0.352 e. The van der Waals surface area contributed by atoms with Gasteiger partial charge in [-0.05, 0) is 6.92 Å². The Labute approximate surface area is 133 Å². The van der Waals surface area contributed by atoms with E-state index in [-0.39, 0.29) is 11.9 Å². The number of aromatic nitrogens is 2. The smallest absolute Gasteiger partial charge is 0.234 e. The number of thioether (sulfide) groups is 1. The Balaban J connectivity index is 1.86. The van der Waals surface area contributed by atoms with Gasteiger partial charge in [0, 0.05) is 25.7 Å². The first kappa shape index (κ1) is 15.5. The second kappa shape index (κ2) is 5.67. The lowest BCUT2D eigenvalue weighted by Crippen LogP contribution is -2.54. The van der Waals surface area contributed by atoms with Crippen LogP contribution in [0.4, 0.5) is 11.5 Å². The van der Waals surface area contributed by atoms with E-state index < -0.39 is 10.0 Å². The first-order valence-electron chi connectivity index (χ1n) is 6.85. The standard InChI is InChI=1S/C12H17N5O3S2/c1-8-5-16(3-4-17(8)22(2,19)20)11-10-12(14-7-13-11)21-6-9(18)15-10/h7-8H,3-6H2,1-2H3,(H,15,18)/t8-/m0/s1. The summed E-state index contributed by atoms with van der Waals surface area (Å²) in [6, 6.07) is -0.152. The zero-order chi connectivity index (χ0) is 15.9. The van der Waals surface area contributed by atoms with Gasteiger partial charge in [-0.2, -0.15) is 4.31 Å². The van der Waals surface area contributed by atoms with Crippen LogP contribution in [0.3, 0.4) is 0 Å². The molecule has 8 nitrogen and oxygen atoms in total. The van der Waals surface area contributed by atoms with E-state index in [1.165, 1.54) is 28.7 Å². The Morgan fingerprint density at radius 3 is 2.82 bits per heavy atom. The van der Waals surface area contributed by atoms with Gasteiger partial charge in [0.25, 0.3) is 0 Å². The summed E-state index contributed by atoms with van der Waals surface area (Å²) in [7, 11) is -3.21. The molecule has 1 aromatic rings. The molecule has 1 fully saturated rings. The van der Waals surface area contributed by atoms with Gasteiger partial charge >= 0.3 is 0 Å². The molecule has 10 heteroatoms. The Morgan fingerprint density at radius 2 is 2.14 bits per heavy atom. The molecule has 1 atom stereocenters. The van der Waals surface area contributed by atoms with Gasteiger partial charge in [-0.25, -0.2) is 18.4 Å². The Kier molecular flexibility index (Phi) is 4.00. The topological polar surface area (TPSA) is 95.5 Å². The zero-order valence-corrected chi connectivity index (χ0v) is 13.9. The van der Waals surface area contributed by atoms with Gasteiger partial charge in [-0.15, -0.1) is 0 Å². The van der Waals surface area contributed by atoms with Crippen molar-refractivity contribution >= 4 is 39.2 Å². The summed E-state index contributed by atoms with van der Waals surface area (Å²) in [6.45, 7) is 3.33. The molecule has 0 spiro atoms. The van der Waals surface area contributed by atoms with Crippen LogP contribution < -0.4 is 10.2 Å². The summed E-state index contributed by atoms with van der Waals surface area (Å²) in [4.78, 5) is 22.1. The molecule has 0 aliphatic carbocycles. The number of rotatable bonds is 2. The maximum absolute atomic E-state index is 11.7. The predicted octanol–water partition coefficient (Wildman–Crippen LogP) is -0.00910. The van der Waals surface area contributed by atoms with E-state index in [2.05, 4.69) is 15.3 Å². The molecule has 1 amide bonds. The number of hydrogen-bond donors (Lipinski definition) is 1. The third kappa shape index (κ3) is 2.90. The van der Waals surface area contributed by atoms with Crippen molar-refractivity contribution in [2.24, 2.45) is 0 Å². The summed E-state index contributed by atoms with van der Waals surface area (Å²) in [5, 5.41) is 3.58. The second-order valence-corrected chi connectivity index (χ2v) is 8.28. The Morgan fingerprint density at radius 1 is 1.36 bits per heavy atom. The highest BCUT2D eigenvalue weighted by atomic mass is 32.2. The van der Waals surface area contributed by atoms with Crippen molar-refractivity contribution in [1.29, 1.82) is 0 Å². The summed E-state index contributed by atoms with van der Waals surface area (Å²) < 4.78 is 25.0. The number of carbonyl (C=O) groups is 1. The van der Waals surface area contributed by atoms with E-state index in [9.17, 15) is 13.2 Å². The monoisotopic (exact) mass is 343 g/mol. The highest BCUT2D eigenvalue weighted by molar-refractivity contribution is 8.00. The van der Waals surface area contributed by atoms with Crippen LogP contribution in [0.5, 0.6) is 0 Å². The van der Waals surface area contributed by atoms with Gasteiger partial charge in [-0.1, -0.05) is 11.8 Å². The van der Waals surface area contributed by atoms with E-state index in [0.717, 1.165) is 5.03 Å². The van der Waals surface area contributed by atoms with Crippen LogP contribution in [0, 0.1) is 0 Å². The van der Waals surface area contributed by atoms with Gasteiger partial charge in [0.2, 0.25) is 15.9 Å². The van der Waals surface area contributed by atoms with Crippen LogP contribution in [0.1, 0.15) is 6.92 Å². The van der Waals surface area contributed by atoms with Crippen molar-refractivity contribution in [3.05, 3.63) is 6.33 Å². The first-order valence-corrected chi connectivity index (χ1v) is 9.69. The average Bonchev–Trinajstić information content (AvgIpc) is 2.45. The fourth-order valence-corrected chi connectivity index (χ4v) is 4.64. The fraction of sp³-hybridized carbons (Fsp3) is 0.583. The SMILES string of the molecule is C[C@H]1CN(c2ncnc3c2NC(=O)CS3)CCN1S(C)(=O)=O. The number of piperazine rings is 1. The molecule has 1 aromatic heterocycles. The van der Waals surface area contributed by atoms with E-state index in [0.29, 0.717) is 36.9 Å². The maximum atomic E-state index is 11.7. The number of fused-ring (bicyclic) bond motifs is 1. The third-order valence-corrected chi connectivity index (χ3v) is 6.07. The van der Waals surface area contributed by atoms with Crippen LogP contribution in [-0.2, 0) is 14.8 Å². The van der Waals surface area contributed by atoms with Crippen molar-refractivity contribution in [2.75, 3.05) is 41.9 Å². The molecule has 2 aliphatic heterocycles. The van der Waals surface area contributed by atoms with E-state index in [1.54, 1.807) is 0 Å². The molecule has 0 saturated carbocycles. The first-order chi connectivity index (χ1) is 10.4. The number of hydrogen-bond acceptors (Lipinski definition) is 7. The fourth-order valence-electron chi connectivity index (χ4n) is 2.75. The van der Waals surface area contributed by atoms with E-state index in [4.69, 9.17) is 0 Å². The second-order valence-electron chi connectivity index (χ2n) is 5.38. The molecule has 3 heterocycles. The minimum Gasteiger partial charge on any atom is -0.352 e. The average molecular weight is 343 g/mol. The number of amides is 1. The van der Waals surface area contributed by atoms with E-state index >= 15 is 0 Å². The van der Waals surface area contributed by atoms with Gasteiger partial charge in [0.05, 0.1) is 12.0 Å². The molecule has 0 aromatic carbocycles. The van der Waals surface area contributed by atoms with Crippen LogP contribution in [-0.4, -0.2) is 66.3 Å². The van der Waals surface area contributed by atoms with Crippen LogP contribution in [0.25, 0.3) is 0 Å². The van der Waals surface area contributed by atoms with Crippen molar-refractivity contribution in [1.82, 2.24) is 14.3 Å². The predicted molar refractivity (Wildman–Crippen MR) is 84.6 cm³/mol. The molecule has 1 N–H and O–H groups in total. The summed E-state index contributed by atoms with van der Waals surface area (Å²) >= 11 is 1.38. The molecule has 22 heavy (non-hydrogen) atoms. The third-order valence-electron chi connectivity index (χ3n) is 3.69. The van der Waals surface area contributed by atoms with Gasteiger partial charge in [0.15, 0.2) is 5.82 Å². The van der Waals surface area contributed by atoms with Crippen LogP contribution >= 0.6 is 11.8 Å². The lowest BCUT2D eigenvalue weighted by Gasteiger charge is -2.39. The maximum Gasteiger partial charge on any atom is 0.234 e. The number of anilines is 2. The van der Waals surface area contributed by atoms with Crippen molar-refractivity contribution < 1.29 is 13.2 Å². The molecule has 2 aliphatic rings. The Bertz CT molecular complexity index is 709. The number of carbonyl (C=O) groups excluding carboxylic acids is 1. The number of nitrogens with zero attached hydrogens (tertiary/aromatic N) is 4.